The van der Waals surface area contributed by atoms with E-state index in [9.17, 15) is 5.11 Å². The van der Waals surface area contributed by atoms with Gasteiger partial charge in [0.05, 0.1) is 37.4 Å². The van der Waals surface area contributed by atoms with Gasteiger partial charge in [-0.05, 0) is 42.8 Å². The summed E-state index contributed by atoms with van der Waals surface area (Å²) in [5.41, 5.74) is 3.02. The van der Waals surface area contributed by atoms with Gasteiger partial charge >= 0.3 is 0 Å². The number of aromatic nitrogens is 4. The number of pyridine rings is 1. The Kier molecular flexibility index (Phi) is 5.96. The van der Waals surface area contributed by atoms with Gasteiger partial charge in [0.1, 0.15) is 22.7 Å². The summed E-state index contributed by atoms with van der Waals surface area (Å²) in [6, 6.07) is 16.7. The van der Waals surface area contributed by atoms with Crippen molar-refractivity contribution in [3.8, 4) is 28.6 Å². The molecule has 164 valence electrons. The molecule has 4 aromatic rings. The maximum atomic E-state index is 9.48. The highest BCUT2D eigenvalue weighted by atomic mass is 16.5. The maximum absolute atomic E-state index is 9.48. The minimum Gasteiger partial charge on any atom is -0.508 e. The number of aromatic hydroxyl groups is 1. The molecule has 1 aliphatic heterocycles. The van der Waals surface area contributed by atoms with Gasteiger partial charge < -0.3 is 14.6 Å². The van der Waals surface area contributed by atoms with Crippen molar-refractivity contribution in [2.75, 3.05) is 39.5 Å². The van der Waals surface area contributed by atoms with Crippen LogP contribution in [0.5, 0.6) is 11.5 Å². The van der Waals surface area contributed by atoms with Crippen molar-refractivity contribution in [3.63, 3.8) is 0 Å². The van der Waals surface area contributed by atoms with E-state index in [1.165, 1.54) is 0 Å². The molecule has 32 heavy (non-hydrogen) atoms. The van der Waals surface area contributed by atoms with Crippen LogP contribution in [0.25, 0.3) is 28.0 Å². The quantitative estimate of drug-likeness (QED) is 0.450. The van der Waals surface area contributed by atoms with E-state index in [1.807, 2.05) is 36.5 Å². The average Bonchev–Trinajstić information content (AvgIpc) is 3.33. The number of hydrogen-bond donors (Lipinski definition) is 1. The van der Waals surface area contributed by atoms with E-state index in [0.29, 0.717) is 12.3 Å². The SMILES string of the molecule is Oc1ccc(-n2cc(-c3ccc4cccc(OCCCN5CCOCC5)c4n3)nn2)cc1. The standard InChI is InChI=1S/C24H25N5O3/c30-20-8-6-19(7-9-20)29-17-22(26-27-29)21-10-5-18-3-1-4-23(24(18)25-21)32-14-2-11-28-12-15-31-16-13-28/h1,3-10,17,30H,2,11-16H2. The Labute approximate surface area is 186 Å². The van der Waals surface area contributed by atoms with Gasteiger partial charge in [-0.1, -0.05) is 23.4 Å². The Bertz CT molecular complexity index is 1190. The van der Waals surface area contributed by atoms with Crippen LogP contribution in [0.2, 0.25) is 0 Å². The van der Waals surface area contributed by atoms with E-state index in [1.54, 1.807) is 28.9 Å². The molecule has 8 nitrogen and oxygen atoms in total. The molecule has 0 spiro atoms. The molecule has 1 saturated heterocycles. The summed E-state index contributed by atoms with van der Waals surface area (Å²) in [6.07, 6.45) is 2.78. The van der Waals surface area contributed by atoms with E-state index < -0.39 is 0 Å². The van der Waals surface area contributed by atoms with Gasteiger partial charge in [0, 0.05) is 25.0 Å². The molecule has 5 rings (SSSR count). The first-order chi connectivity index (χ1) is 15.8. The average molecular weight is 431 g/mol. The molecule has 0 bridgehead atoms. The van der Waals surface area contributed by atoms with Crippen LogP contribution in [-0.2, 0) is 4.74 Å². The molecule has 8 heteroatoms. The van der Waals surface area contributed by atoms with E-state index in [4.69, 9.17) is 14.5 Å². The lowest BCUT2D eigenvalue weighted by Gasteiger charge is -2.26. The van der Waals surface area contributed by atoms with Crippen LogP contribution in [0.15, 0.2) is 60.8 Å². The molecule has 1 aliphatic rings. The highest BCUT2D eigenvalue weighted by Gasteiger charge is 2.12. The first kappa shape index (κ1) is 20.4. The number of phenols is 1. The van der Waals surface area contributed by atoms with Gasteiger partial charge in [-0.3, -0.25) is 4.90 Å². The molecule has 3 heterocycles. The lowest BCUT2D eigenvalue weighted by Crippen LogP contribution is -2.37. The fraction of sp³-hybridized carbons (Fsp3) is 0.292. The molecule has 0 unspecified atom stereocenters. The Morgan fingerprint density at radius 2 is 1.81 bits per heavy atom. The molecular formula is C24H25N5O3. The molecule has 0 radical (unpaired) electrons. The number of benzene rings is 2. The molecule has 1 fully saturated rings. The van der Waals surface area contributed by atoms with Gasteiger partial charge in [0.15, 0.2) is 0 Å². The molecule has 0 atom stereocenters. The Morgan fingerprint density at radius 3 is 2.66 bits per heavy atom. The van der Waals surface area contributed by atoms with Crippen molar-refractivity contribution in [1.82, 2.24) is 24.9 Å². The normalized spacial score (nSPS) is 14.6. The highest BCUT2D eigenvalue weighted by Crippen LogP contribution is 2.27. The van der Waals surface area contributed by atoms with Crippen LogP contribution < -0.4 is 4.74 Å². The fourth-order valence-electron chi connectivity index (χ4n) is 3.79. The predicted octanol–water partition coefficient (Wildman–Crippen LogP) is 3.29. The summed E-state index contributed by atoms with van der Waals surface area (Å²) in [6.45, 7) is 5.25. The summed E-state index contributed by atoms with van der Waals surface area (Å²) < 4.78 is 13.2. The lowest BCUT2D eigenvalue weighted by molar-refractivity contribution is 0.0358. The van der Waals surface area contributed by atoms with Gasteiger partial charge in [-0.25, -0.2) is 9.67 Å². The first-order valence-corrected chi connectivity index (χ1v) is 10.8. The molecule has 0 amide bonds. The minimum atomic E-state index is 0.211. The summed E-state index contributed by atoms with van der Waals surface area (Å²) in [4.78, 5) is 7.23. The lowest BCUT2D eigenvalue weighted by atomic mass is 10.1. The summed E-state index contributed by atoms with van der Waals surface area (Å²) in [5.74, 6) is 0.986. The van der Waals surface area contributed by atoms with Gasteiger partial charge in [-0.2, -0.15) is 0 Å². The number of morpholine rings is 1. The molecule has 1 N–H and O–H groups in total. The predicted molar refractivity (Wildman–Crippen MR) is 121 cm³/mol. The Balaban J connectivity index is 1.31. The number of para-hydroxylation sites is 1. The zero-order chi connectivity index (χ0) is 21.8. The van der Waals surface area contributed by atoms with Crippen molar-refractivity contribution in [2.24, 2.45) is 0 Å². The van der Waals surface area contributed by atoms with E-state index >= 15 is 0 Å². The van der Waals surface area contributed by atoms with Crippen LogP contribution in [0, 0.1) is 0 Å². The largest absolute Gasteiger partial charge is 0.508 e. The van der Waals surface area contributed by atoms with Gasteiger partial charge in [0.2, 0.25) is 0 Å². The zero-order valence-corrected chi connectivity index (χ0v) is 17.7. The zero-order valence-electron chi connectivity index (χ0n) is 17.7. The van der Waals surface area contributed by atoms with E-state index in [0.717, 1.165) is 67.3 Å². The minimum absolute atomic E-state index is 0.211. The van der Waals surface area contributed by atoms with Crippen molar-refractivity contribution in [2.45, 2.75) is 6.42 Å². The van der Waals surface area contributed by atoms with Crippen molar-refractivity contribution in [1.29, 1.82) is 0 Å². The second-order valence-corrected chi connectivity index (χ2v) is 7.75. The van der Waals surface area contributed by atoms with Gasteiger partial charge in [0.25, 0.3) is 0 Å². The molecule has 0 saturated carbocycles. The van der Waals surface area contributed by atoms with E-state index in [2.05, 4.69) is 15.2 Å². The third-order valence-electron chi connectivity index (χ3n) is 5.53. The van der Waals surface area contributed by atoms with E-state index in [-0.39, 0.29) is 5.75 Å². The number of fused-ring (bicyclic) bond motifs is 1. The van der Waals surface area contributed by atoms with Crippen molar-refractivity contribution >= 4 is 10.9 Å². The van der Waals surface area contributed by atoms with Crippen LogP contribution in [0.3, 0.4) is 0 Å². The molecule has 2 aromatic carbocycles. The topological polar surface area (TPSA) is 85.5 Å². The third-order valence-corrected chi connectivity index (χ3v) is 5.53. The van der Waals surface area contributed by atoms with Crippen LogP contribution in [-0.4, -0.2) is 69.4 Å². The number of phenolic OH excluding ortho intramolecular Hbond substituents is 1. The number of nitrogens with zero attached hydrogens (tertiary/aromatic N) is 5. The second kappa shape index (κ2) is 9.33. The van der Waals surface area contributed by atoms with Crippen LogP contribution >= 0.6 is 0 Å². The first-order valence-electron chi connectivity index (χ1n) is 10.8. The summed E-state index contributed by atoms with van der Waals surface area (Å²) in [7, 11) is 0. The van der Waals surface area contributed by atoms with Crippen LogP contribution in [0.1, 0.15) is 6.42 Å². The van der Waals surface area contributed by atoms with Gasteiger partial charge in [-0.15, -0.1) is 5.10 Å². The van der Waals surface area contributed by atoms with Crippen molar-refractivity contribution in [3.05, 3.63) is 60.8 Å². The molecule has 0 aliphatic carbocycles. The number of ether oxygens (including phenoxy) is 2. The van der Waals surface area contributed by atoms with Crippen molar-refractivity contribution < 1.29 is 14.6 Å². The smallest absolute Gasteiger partial charge is 0.145 e. The third kappa shape index (κ3) is 4.56. The number of rotatable bonds is 7. The Morgan fingerprint density at radius 1 is 0.969 bits per heavy atom. The molecule has 2 aromatic heterocycles. The number of hydrogen-bond acceptors (Lipinski definition) is 7. The summed E-state index contributed by atoms with van der Waals surface area (Å²) in [5, 5.41) is 19.0. The summed E-state index contributed by atoms with van der Waals surface area (Å²) >= 11 is 0. The Hall–Kier alpha value is -3.49. The van der Waals surface area contributed by atoms with Crippen LogP contribution in [0.4, 0.5) is 0 Å². The monoisotopic (exact) mass is 431 g/mol. The fourth-order valence-corrected chi connectivity index (χ4v) is 3.79. The highest BCUT2D eigenvalue weighted by molar-refractivity contribution is 5.86. The second-order valence-electron chi connectivity index (χ2n) is 7.75. The maximum Gasteiger partial charge on any atom is 0.145 e. The molecular weight excluding hydrogens is 406 g/mol.